The molecular weight excluding hydrogens is 276 g/mol. The Morgan fingerprint density at radius 2 is 1.76 bits per heavy atom. The summed E-state index contributed by atoms with van der Waals surface area (Å²) in [4.78, 5) is 4.67. The van der Waals surface area contributed by atoms with Gasteiger partial charge in [0, 0.05) is 17.1 Å². The summed E-state index contributed by atoms with van der Waals surface area (Å²) < 4.78 is 0. The van der Waals surface area contributed by atoms with Crippen LogP contribution in [0.4, 0.5) is 0 Å². The Kier molecular flexibility index (Phi) is 5.54. The van der Waals surface area contributed by atoms with E-state index in [1.807, 2.05) is 0 Å². The van der Waals surface area contributed by atoms with Crippen LogP contribution in [-0.4, -0.2) is 11.0 Å². The van der Waals surface area contributed by atoms with Crippen LogP contribution in [0.5, 0.6) is 0 Å². The van der Waals surface area contributed by atoms with E-state index in [4.69, 9.17) is 0 Å². The smallest absolute Gasteiger partial charge is 0.114 e. The van der Waals surface area contributed by atoms with Gasteiger partial charge in [-0.2, -0.15) is 0 Å². The van der Waals surface area contributed by atoms with Gasteiger partial charge in [0.15, 0.2) is 0 Å². The summed E-state index contributed by atoms with van der Waals surface area (Å²) in [7, 11) is 0. The second-order valence-corrected chi connectivity index (χ2v) is 7.31. The summed E-state index contributed by atoms with van der Waals surface area (Å²) in [6.07, 6.45) is 1.14. The molecule has 0 spiro atoms. The third kappa shape index (κ3) is 4.65. The Hall–Kier alpha value is -1.19. The first-order chi connectivity index (χ1) is 9.95. The minimum absolute atomic E-state index is 0.191. The number of nitrogens with one attached hydrogen (secondary N) is 1. The Labute approximate surface area is 132 Å². The molecule has 1 atom stereocenters. The highest BCUT2D eigenvalue weighted by atomic mass is 32.1. The van der Waals surface area contributed by atoms with Gasteiger partial charge in [0.2, 0.25) is 0 Å². The molecule has 1 heterocycles. The SMILES string of the molecule is Cc1csc(C(NC(C)C)c2ccc(CC(C)C)cc2)n1. The van der Waals surface area contributed by atoms with Gasteiger partial charge in [0.05, 0.1) is 6.04 Å². The summed E-state index contributed by atoms with van der Waals surface area (Å²) in [5.74, 6) is 0.696. The van der Waals surface area contributed by atoms with Crippen molar-refractivity contribution in [1.82, 2.24) is 10.3 Å². The van der Waals surface area contributed by atoms with E-state index in [0.29, 0.717) is 12.0 Å². The summed E-state index contributed by atoms with van der Waals surface area (Å²) >= 11 is 1.74. The van der Waals surface area contributed by atoms with E-state index < -0.39 is 0 Å². The molecule has 1 N–H and O–H groups in total. The fourth-order valence-electron chi connectivity index (χ4n) is 2.47. The van der Waals surface area contributed by atoms with E-state index in [1.165, 1.54) is 11.1 Å². The van der Waals surface area contributed by atoms with Gasteiger partial charge in [-0.25, -0.2) is 4.98 Å². The normalized spacial score (nSPS) is 13.1. The minimum Gasteiger partial charge on any atom is -0.302 e. The van der Waals surface area contributed by atoms with Crippen LogP contribution in [0.25, 0.3) is 0 Å². The lowest BCUT2D eigenvalue weighted by atomic mass is 9.99. The van der Waals surface area contributed by atoms with Crippen molar-refractivity contribution in [3.05, 3.63) is 51.5 Å². The first-order valence-electron chi connectivity index (χ1n) is 7.72. The Morgan fingerprint density at radius 1 is 1.10 bits per heavy atom. The fourth-order valence-corrected chi connectivity index (χ4v) is 3.35. The van der Waals surface area contributed by atoms with Crippen LogP contribution in [0, 0.1) is 12.8 Å². The second kappa shape index (κ2) is 7.19. The minimum atomic E-state index is 0.191. The number of hydrogen-bond acceptors (Lipinski definition) is 3. The zero-order valence-electron chi connectivity index (χ0n) is 13.7. The average molecular weight is 302 g/mol. The van der Waals surface area contributed by atoms with E-state index >= 15 is 0 Å². The summed E-state index contributed by atoms with van der Waals surface area (Å²) in [5, 5.41) is 6.91. The molecule has 1 aromatic carbocycles. The Morgan fingerprint density at radius 3 is 2.24 bits per heavy atom. The molecule has 0 saturated heterocycles. The van der Waals surface area contributed by atoms with Crippen molar-refractivity contribution in [1.29, 1.82) is 0 Å². The molecule has 2 aromatic rings. The highest BCUT2D eigenvalue weighted by Crippen LogP contribution is 2.26. The van der Waals surface area contributed by atoms with Crippen LogP contribution in [0.2, 0.25) is 0 Å². The van der Waals surface area contributed by atoms with Crippen molar-refractivity contribution in [2.24, 2.45) is 5.92 Å². The van der Waals surface area contributed by atoms with E-state index in [0.717, 1.165) is 17.1 Å². The highest BCUT2D eigenvalue weighted by molar-refractivity contribution is 7.09. The third-order valence-electron chi connectivity index (χ3n) is 3.34. The van der Waals surface area contributed by atoms with Crippen LogP contribution in [0.1, 0.15) is 55.6 Å². The van der Waals surface area contributed by atoms with E-state index in [2.05, 4.69) is 74.6 Å². The lowest BCUT2D eigenvalue weighted by molar-refractivity contribution is 0.526. The maximum absolute atomic E-state index is 4.67. The molecule has 3 heteroatoms. The first-order valence-corrected chi connectivity index (χ1v) is 8.60. The van der Waals surface area contributed by atoms with Gasteiger partial charge in [-0.05, 0) is 44.2 Å². The number of thiazole rings is 1. The van der Waals surface area contributed by atoms with Gasteiger partial charge in [-0.1, -0.05) is 38.1 Å². The fraction of sp³-hybridized carbons (Fsp3) is 0.500. The molecule has 1 unspecified atom stereocenters. The van der Waals surface area contributed by atoms with Gasteiger partial charge in [0.1, 0.15) is 5.01 Å². The van der Waals surface area contributed by atoms with Crippen LogP contribution in [0.15, 0.2) is 29.6 Å². The molecule has 1 aromatic heterocycles. The molecule has 0 amide bonds. The number of aryl methyl sites for hydroxylation is 1. The number of nitrogens with zero attached hydrogens (tertiary/aromatic N) is 1. The first kappa shape index (κ1) is 16.2. The molecule has 0 fully saturated rings. The summed E-state index contributed by atoms with van der Waals surface area (Å²) in [5.41, 5.74) is 3.81. The monoisotopic (exact) mass is 302 g/mol. The molecule has 114 valence electrons. The number of rotatable bonds is 6. The predicted octanol–water partition coefficient (Wildman–Crippen LogP) is 4.74. The van der Waals surface area contributed by atoms with Crippen molar-refractivity contribution in [2.45, 2.75) is 53.1 Å². The Balaban J connectivity index is 2.24. The predicted molar refractivity (Wildman–Crippen MR) is 91.9 cm³/mol. The highest BCUT2D eigenvalue weighted by Gasteiger charge is 2.18. The average Bonchev–Trinajstić information content (AvgIpc) is 2.83. The van der Waals surface area contributed by atoms with Crippen LogP contribution in [-0.2, 0) is 6.42 Å². The summed E-state index contributed by atoms with van der Waals surface area (Å²) in [6.45, 7) is 10.9. The van der Waals surface area contributed by atoms with Gasteiger partial charge in [-0.3, -0.25) is 0 Å². The van der Waals surface area contributed by atoms with E-state index in [9.17, 15) is 0 Å². The lowest BCUT2D eigenvalue weighted by Crippen LogP contribution is -2.28. The molecule has 0 radical (unpaired) electrons. The Bertz CT molecular complexity index is 555. The zero-order chi connectivity index (χ0) is 15.4. The van der Waals surface area contributed by atoms with Crippen LogP contribution in [0.3, 0.4) is 0 Å². The van der Waals surface area contributed by atoms with Crippen molar-refractivity contribution in [3.63, 3.8) is 0 Å². The molecular formula is C18H26N2S. The number of aromatic nitrogens is 1. The van der Waals surface area contributed by atoms with Crippen molar-refractivity contribution in [2.75, 3.05) is 0 Å². The number of hydrogen-bond donors (Lipinski definition) is 1. The molecule has 0 aliphatic carbocycles. The maximum Gasteiger partial charge on any atom is 0.114 e. The maximum atomic E-state index is 4.67. The second-order valence-electron chi connectivity index (χ2n) is 6.42. The molecule has 0 aliphatic heterocycles. The van der Waals surface area contributed by atoms with Gasteiger partial charge >= 0.3 is 0 Å². The molecule has 21 heavy (non-hydrogen) atoms. The number of benzene rings is 1. The van der Waals surface area contributed by atoms with E-state index in [1.54, 1.807) is 11.3 Å². The quantitative estimate of drug-likeness (QED) is 0.834. The lowest BCUT2D eigenvalue weighted by Gasteiger charge is -2.20. The van der Waals surface area contributed by atoms with Crippen molar-refractivity contribution in [3.8, 4) is 0 Å². The van der Waals surface area contributed by atoms with Gasteiger partial charge in [-0.15, -0.1) is 11.3 Å². The topological polar surface area (TPSA) is 24.9 Å². The molecule has 2 nitrogen and oxygen atoms in total. The summed E-state index contributed by atoms with van der Waals surface area (Å²) in [6, 6.07) is 9.62. The standard InChI is InChI=1S/C18H26N2S/c1-12(2)10-15-6-8-16(9-7-15)17(19-13(3)4)18-20-14(5)11-21-18/h6-9,11-13,17,19H,10H2,1-5H3. The van der Waals surface area contributed by atoms with Gasteiger partial charge < -0.3 is 5.32 Å². The van der Waals surface area contributed by atoms with Gasteiger partial charge in [0.25, 0.3) is 0 Å². The zero-order valence-corrected chi connectivity index (χ0v) is 14.5. The van der Waals surface area contributed by atoms with E-state index in [-0.39, 0.29) is 6.04 Å². The molecule has 2 rings (SSSR count). The molecule has 0 aliphatic rings. The third-order valence-corrected chi connectivity index (χ3v) is 4.37. The molecule has 0 saturated carbocycles. The van der Waals surface area contributed by atoms with Crippen molar-refractivity contribution < 1.29 is 0 Å². The van der Waals surface area contributed by atoms with Crippen LogP contribution >= 0.6 is 11.3 Å². The largest absolute Gasteiger partial charge is 0.302 e. The molecule has 0 bridgehead atoms. The van der Waals surface area contributed by atoms with Crippen molar-refractivity contribution >= 4 is 11.3 Å². The van der Waals surface area contributed by atoms with Crippen LogP contribution < -0.4 is 5.32 Å².